The molecule has 0 saturated carbocycles. The summed E-state index contributed by atoms with van der Waals surface area (Å²) < 4.78 is 1.94. The Morgan fingerprint density at radius 2 is 1.95 bits per heavy atom. The highest BCUT2D eigenvalue weighted by atomic mass is 16.1. The third-order valence-corrected chi connectivity index (χ3v) is 3.25. The Morgan fingerprint density at radius 1 is 1.25 bits per heavy atom. The van der Waals surface area contributed by atoms with Gasteiger partial charge >= 0.3 is 0 Å². The molecule has 4 nitrogen and oxygen atoms in total. The number of aromatic nitrogens is 2. The Balaban J connectivity index is 2.00. The van der Waals surface area contributed by atoms with Crippen LogP contribution in [0.2, 0.25) is 0 Å². The quantitative estimate of drug-likeness (QED) is 0.908. The van der Waals surface area contributed by atoms with E-state index in [9.17, 15) is 4.79 Å². The van der Waals surface area contributed by atoms with Gasteiger partial charge in [-0.25, -0.2) is 4.68 Å². The van der Waals surface area contributed by atoms with Crippen LogP contribution in [0.25, 0.3) is 5.69 Å². The van der Waals surface area contributed by atoms with Crippen LogP contribution in [-0.4, -0.2) is 22.2 Å². The van der Waals surface area contributed by atoms with Crippen LogP contribution in [-0.2, 0) is 11.2 Å². The van der Waals surface area contributed by atoms with Crippen LogP contribution in [0.3, 0.4) is 0 Å². The van der Waals surface area contributed by atoms with E-state index in [-0.39, 0.29) is 5.91 Å². The van der Waals surface area contributed by atoms with E-state index >= 15 is 0 Å². The molecule has 0 aliphatic rings. The number of benzene rings is 1. The highest BCUT2D eigenvalue weighted by molar-refractivity contribution is 5.75. The Kier molecular flexibility index (Phi) is 4.56. The van der Waals surface area contributed by atoms with Crippen LogP contribution in [0.15, 0.2) is 30.3 Å². The van der Waals surface area contributed by atoms with Crippen molar-refractivity contribution in [1.29, 1.82) is 0 Å². The Morgan fingerprint density at radius 3 is 2.50 bits per heavy atom. The molecule has 0 radical (unpaired) electrons. The van der Waals surface area contributed by atoms with E-state index in [0.717, 1.165) is 23.5 Å². The summed E-state index contributed by atoms with van der Waals surface area (Å²) >= 11 is 0. The lowest BCUT2D eigenvalue weighted by molar-refractivity contribution is -0.120. The van der Waals surface area contributed by atoms with Gasteiger partial charge in [-0.2, -0.15) is 5.10 Å². The van der Waals surface area contributed by atoms with Crippen molar-refractivity contribution in [1.82, 2.24) is 15.1 Å². The van der Waals surface area contributed by atoms with Crippen molar-refractivity contribution >= 4 is 5.91 Å². The van der Waals surface area contributed by atoms with Crippen LogP contribution in [0.5, 0.6) is 0 Å². The van der Waals surface area contributed by atoms with Gasteiger partial charge in [0.2, 0.25) is 5.91 Å². The number of carbonyl (C=O) groups excluding carboxylic acids is 1. The molecular formula is C16H21N3O. The van der Waals surface area contributed by atoms with Crippen molar-refractivity contribution in [2.24, 2.45) is 0 Å². The summed E-state index contributed by atoms with van der Waals surface area (Å²) in [6.07, 6.45) is 1.39. The van der Waals surface area contributed by atoms with Crippen molar-refractivity contribution < 1.29 is 4.79 Å². The van der Waals surface area contributed by atoms with Crippen LogP contribution in [0, 0.1) is 13.8 Å². The van der Waals surface area contributed by atoms with Gasteiger partial charge in [-0.15, -0.1) is 0 Å². The van der Waals surface area contributed by atoms with Crippen molar-refractivity contribution in [2.75, 3.05) is 6.54 Å². The van der Waals surface area contributed by atoms with E-state index < -0.39 is 0 Å². The maximum atomic E-state index is 11.2. The fraction of sp³-hybridized carbons (Fsp3) is 0.375. The molecule has 0 bridgehead atoms. The third kappa shape index (κ3) is 3.47. The monoisotopic (exact) mass is 271 g/mol. The van der Waals surface area contributed by atoms with Gasteiger partial charge in [0.05, 0.1) is 11.4 Å². The molecule has 0 spiro atoms. The predicted molar refractivity (Wildman–Crippen MR) is 80.0 cm³/mol. The molecule has 0 atom stereocenters. The molecule has 2 rings (SSSR count). The molecule has 0 unspecified atom stereocenters. The zero-order chi connectivity index (χ0) is 14.5. The molecule has 0 fully saturated rings. The minimum Gasteiger partial charge on any atom is -0.356 e. The van der Waals surface area contributed by atoms with E-state index in [1.54, 1.807) is 0 Å². The molecule has 0 saturated heterocycles. The number of hydrogen-bond acceptors (Lipinski definition) is 2. The van der Waals surface area contributed by atoms with Crippen LogP contribution in [0.1, 0.15) is 30.3 Å². The smallest absolute Gasteiger partial charge is 0.219 e. The first-order valence-corrected chi connectivity index (χ1v) is 6.99. The lowest BCUT2D eigenvalue weighted by Gasteiger charge is -2.07. The highest BCUT2D eigenvalue weighted by Gasteiger charge is 2.03. The maximum absolute atomic E-state index is 11.2. The molecule has 1 aromatic carbocycles. The third-order valence-electron chi connectivity index (χ3n) is 3.25. The standard InChI is InChI=1S/C16H21N3O/c1-4-16(20)17-10-9-14-5-7-15(8-6-14)19-13(3)11-12(2)18-19/h5-8,11H,4,9-10H2,1-3H3,(H,17,20). The fourth-order valence-electron chi connectivity index (χ4n) is 2.17. The van der Waals surface area contributed by atoms with Gasteiger partial charge in [0.1, 0.15) is 0 Å². The summed E-state index contributed by atoms with van der Waals surface area (Å²) in [5.74, 6) is 0.101. The normalized spacial score (nSPS) is 10.6. The molecule has 1 amide bonds. The number of aryl methyl sites for hydroxylation is 2. The molecule has 20 heavy (non-hydrogen) atoms. The number of amides is 1. The largest absolute Gasteiger partial charge is 0.356 e. The number of rotatable bonds is 5. The molecule has 0 aliphatic carbocycles. The first kappa shape index (κ1) is 14.3. The SMILES string of the molecule is CCC(=O)NCCc1ccc(-n2nc(C)cc2C)cc1. The Bertz CT molecular complexity index is 584. The zero-order valence-electron chi connectivity index (χ0n) is 12.3. The number of hydrogen-bond donors (Lipinski definition) is 1. The minimum absolute atomic E-state index is 0.101. The van der Waals surface area contributed by atoms with E-state index in [2.05, 4.69) is 40.7 Å². The van der Waals surface area contributed by atoms with E-state index in [0.29, 0.717) is 13.0 Å². The van der Waals surface area contributed by atoms with Gasteiger partial charge in [0, 0.05) is 18.7 Å². The van der Waals surface area contributed by atoms with Gasteiger partial charge in [0.25, 0.3) is 0 Å². The molecular weight excluding hydrogens is 250 g/mol. The van der Waals surface area contributed by atoms with Gasteiger partial charge in [-0.3, -0.25) is 4.79 Å². The predicted octanol–water partition coefficient (Wildman–Crippen LogP) is 2.56. The Labute approximate surface area is 119 Å². The molecule has 4 heteroatoms. The van der Waals surface area contributed by atoms with Gasteiger partial charge in [-0.05, 0) is 44.0 Å². The summed E-state index contributed by atoms with van der Waals surface area (Å²) in [5, 5.41) is 7.35. The molecule has 1 aromatic heterocycles. The lowest BCUT2D eigenvalue weighted by Crippen LogP contribution is -2.24. The first-order valence-electron chi connectivity index (χ1n) is 6.99. The Hall–Kier alpha value is -2.10. The molecule has 0 aliphatic heterocycles. The second-order valence-electron chi connectivity index (χ2n) is 4.96. The van der Waals surface area contributed by atoms with E-state index in [4.69, 9.17) is 0 Å². The topological polar surface area (TPSA) is 46.9 Å². The molecule has 2 aromatic rings. The molecule has 1 heterocycles. The summed E-state index contributed by atoms with van der Waals surface area (Å²) in [7, 11) is 0. The minimum atomic E-state index is 0.101. The van der Waals surface area contributed by atoms with Crippen molar-refractivity contribution in [3.05, 3.63) is 47.3 Å². The fourth-order valence-corrected chi connectivity index (χ4v) is 2.17. The average Bonchev–Trinajstić information content (AvgIpc) is 2.78. The van der Waals surface area contributed by atoms with E-state index in [1.807, 2.05) is 25.5 Å². The molecule has 1 N–H and O–H groups in total. The van der Waals surface area contributed by atoms with Crippen molar-refractivity contribution in [3.8, 4) is 5.69 Å². The average molecular weight is 271 g/mol. The number of nitrogens with one attached hydrogen (secondary N) is 1. The second kappa shape index (κ2) is 6.37. The first-order chi connectivity index (χ1) is 9.60. The van der Waals surface area contributed by atoms with Crippen LogP contribution < -0.4 is 5.32 Å². The highest BCUT2D eigenvalue weighted by Crippen LogP contribution is 2.13. The van der Waals surface area contributed by atoms with Gasteiger partial charge < -0.3 is 5.32 Å². The van der Waals surface area contributed by atoms with E-state index in [1.165, 1.54) is 5.56 Å². The maximum Gasteiger partial charge on any atom is 0.219 e. The number of nitrogens with zero attached hydrogens (tertiary/aromatic N) is 2. The van der Waals surface area contributed by atoms with Crippen molar-refractivity contribution in [2.45, 2.75) is 33.6 Å². The summed E-state index contributed by atoms with van der Waals surface area (Å²) in [4.78, 5) is 11.2. The second-order valence-corrected chi connectivity index (χ2v) is 4.96. The van der Waals surface area contributed by atoms with Crippen LogP contribution in [0.4, 0.5) is 0 Å². The number of carbonyl (C=O) groups is 1. The van der Waals surface area contributed by atoms with Gasteiger partial charge in [-0.1, -0.05) is 19.1 Å². The van der Waals surface area contributed by atoms with Crippen LogP contribution >= 0.6 is 0 Å². The summed E-state index contributed by atoms with van der Waals surface area (Å²) in [6.45, 7) is 6.59. The van der Waals surface area contributed by atoms with Crippen molar-refractivity contribution in [3.63, 3.8) is 0 Å². The lowest BCUT2D eigenvalue weighted by atomic mass is 10.1. The summed E-state index contributed by atoms with van der Waals surface area (Å²) in [6, 6.07) is 10.4. The van der Waals surface area contributed by atoms with Gasteiger partial charge in [0.15, 0.2) is 0 Å². The summed E-state index contributed by atoms with van der Waals surface area (Å²) in [5.41, 5.74) is 4.43. The molecule has 106 valence electrons. The zero-order valence-corrected chi connectivity index (χ0v) is 12.3.